The van der Waals surface area contributed by atoms with Crippen molar-refractivity contribution in [3.05, 3.63) is 34.4 Å². The average molecular weight is 260 g/mol. The van der Waals surface area contributed by atoms with Crippen LogP contribution < -0.4 is 0 Å². The third-order valence-corrected chi connectivity index (χ3v) is 4.62. The second-order valence-electron chi connectivity index (χ2n) is 6.38. The maximum Gasteiger partial charge on any atom is -0.0248 e. The molecule has 0 spiro atoms. The first-order valence-corrected chi connectivity index (χ1v) is 8.06. The van der Waals surface area contributed by atoms with Crippen molar-refractivity contribution in [2.45, 2.75) is 73.6 Å². The highest BCUT2D eigenvalue weighted by molar-refractivity contribution is 5.36. The van der Waals surface area contributed by atoms with Gasteiger partial charge in [-0.1, -0.05) is 58.6 Å². The number of benzene rings is 1. The summed E-state index contributed by atoms with van der Waals surface area (Å²) in [6, 6.07) is 4.77. The molecule has 0 N–H and O–H groups in total. The zero-order chi connectivity index (χ0) is 14.4. The van der Waals surface area contributed by atoms with Crippen LogP contribution in [0.5, 0.6) is 0 Å². The van der Waals surface area contributed by atoms with Crippen LogP contribution in [0.1, 0.15) is 68.7 Å². The summed E-state index contributed by atoms with van der Waals surface area (Å²) in [6.45, 7) is 13.8. The van der Waals surface area contributed by atoms with Gasteiger partial charge in [-0.3, -0.25) is 0 Å². The van der Waals surface area contributed by atoms with Crippen molar-refractivity contribution in [2.75, 3.05) is 0 Å². The van der Waals surface area contributed by atoms with Gasteiger partial charge < -0.3 is 0 Å². The van der Waals surface area contributed by atoms with E-state index >= 15 is 0 Å². The number of aryl methyl sites for hydroxylation is 3. The highest BCUT2D eigenvalue weighted by Gasteiger charge is 2.17. The van der Waals surface area contributed by atoms with Crippen LogP contribution >= 0.6 is 0 Å². The van der Waals surface area contributed by atoms with Gasteiger partial charge in [0.25, 0.3) is 0 Å². The summed E-state index contributed by atoms with van der Waals surface area (Å²) in [5.41, 5.74) is 5.90. The molecule has 0 saturated heterocycles. The first kappa shape index (κ1) is 16.3. The molecule has 0 bridgehead atoms. The Morgan fingerprint density at radius 2 is 1.37 bits per heavy atom. The summed E-state index contributed by atoms with van der Waals surface area (Å²) < 4.78 is 0. The summed E-state index contributed by atoms with van der Waals surface area (Å²) in [6.07, 6.45) is 6.66. The van der Waals surface area contributed by atoms with Crippen LogP contribution in [0, 0.1) is 32.6 Å². The van der Waals surface area contributed by atoms with Crippen molar-refractivity contribution in [1.29, 1.82) is 0 Å². The molecule has 0 aliphatic rings. The van der Waals surface area contributed by atoms with Crippen LogP contribution in [-0.2, 0) is 6.42 Å². The predicted molar refractivity (Wildman–Crippen MR) is 86.8 cm³/mol. The molecule has 1 aromatic carbocycles. The molecule has 0 fully saturated rings. The SMILES string of the molecule is CCCC(CCC)[C@H](C)Cc1cc(C)c(C)cc1C. The van der Waals surface area contributed by atoms with E-state index in [4.69, 9.17) is 0 Å². The first-order valence-electron chi connectivity index (χ1n) is 8.06. The second kappa shape index (κ2) is 7.72. The van der Waals surface area contributed by atoms with Crippen molar-refractivity contribution in [2.24, 2.45) is 11.8 Å². The molecule has 108 valence electrons. The van der Waals surface area contributed by atoms with Crippen LogP contribution in [-0.4, -0.2) is 0 Å². The lowest BCUT2D eigenvalue weighted by molar-refractivity contribution is 0.308. The normalized spacial score (nSPS) is 13.0. The topological polar surface area (TPSA) is 0 Å². The molecular formula is C19H32. The fourth-order valence-electron chi connectivity index (χ4n) is 3.21. The fraction of sp³-hybridized carbons (Fsp3) is 0.684. The van der Waals surface area contributed by atoms with E-state index in [1.807, 2.05) is 0 Å². The Bertz CT molecular complexity index is 383. The number of hydrogen-bond acceptors (Lipinski definition) is 0. The van der Waals surface area contributed by atoms with E-state index in [0.29, 0.717) is 0 Å². The van der Waals surface area contributed by atoms with Gasteiger partial charge in [0.05, 0.1) is 0 Å². The molecule has 0 aliphatic carbocycles. The minimum absolute atomic E-state index is 0.806. The van der Waals surface area contributed by atoms with E-state index in [1.54, 1.807) is 5.56 Å². The van der Waals surface area contributed by atoms with Crippen molar-refractivity contribution in [1.82, 2.24) is 0 Å². The van der Waals surface area contributed by atoms with E-state index in [9.17, 15) is 0 Å². The van der Waals surface area contributed by atoms with Gasteiger partial charge in [0.15, 0.2) is 0 Å². The van der Waals surface area contributed by atoms with E-state index in [1.165, 1.54) is 48.8 Å². The third-order valence-electron chi connectivity index (χ3n) is 4.62. The second-order valence-corrected chi connectivity index (χ2v) is 6.38. The Balaban J connectivity index is 2.79. The van der Waals surface area contributed by atoms with Gasteiger partial charge in [-0.05, 0) is 61.3 Å². The molecule has 0 nitrogen and oxygen atoms in total. The van der Waals surface area contributed by atoms with Gasteiger partial charge in [0.1, 0.15) is 0 Å². The molecule has 0 unspecified atom stereocenters. The van der Waals surface area contributed by atoms with Gasteiger partial charge in [-0.15, -0.1) is 0 Å². The van der Waals surface area contributed by atoms with Crippen LogP contribution in [0.3, 0.4) is 0 Å². The average Bonchev–Trinajstić information content (AvgIpc) is 2.35. The quantitative estimate of drug-likeness (QED) is 0.563. The van der Waals surface area contributed by atoms with E-state index in [0.717, 1.165) is 11.8 Å². The number of hydrogen-bond donors (Lipinski definition) is 0. The molecule has 0 aromatic heterocycles. The molecule has 0 radical (unpaired) electrons. The summed E-state index contributed by atoms with van der Waals surface area (Å²) in [5, 5.41) is 0. The molecule has 19 heavy (non-hydrogen) atoms. The lowest BCUT2D eigenvalue weighted by Crippen LogP contribution is -2.15. The molecule has 1 rings (SSSR count). The largest absolute Gasteiger partial charge is 0.0654 e. The summed E-state index contributed by atoms with van der Waals surface area (Å²) in [5.74, 6) is 1.71. The first-order chi connectivity index (χ1) is 8.99. The number of rotatable bonds is 7. The molecule has 0 saturated carbocycles. The third kappa shape index (κ3) is 4.67. The molecule has 0 heteroatoms. The van der Waals surface area contributed by atoms with E-state index in [-0.39, 0.29) is 0 Å². The van der Waals surface area contributed by atoms with Crippen LogP contribution in [0.4, 0.5) is 0 Å². The van der Waals surface area contributed by atoms with Crippen LogP contribution in [0.25, 0.3) is 0 Å². The lowest BCUT2D eigenvalue weighted by Gasteiger charge is -2.24. The molecule has 0 aliphatic heterocycles. The van der Waals surface area contributed by atoms with Crippen molar-refractivity contribution in [3.8, 4) is 0 Å². The minimum atomic E-state index is 0.806. The predicted octanol–water partition coefficient (Wildman–Crippen LogP) is 6.01. The lowest BCUT2D eigenvalue weighted by atomic mass is 9.81. The maximum absolute atomic E-state index is 2.45. The highest BCUT2D eigenvalue weighted by Crippen LogP contribution is 2.28. The van der Waals surface area contributed by atoms with E-state index < -0.39 is 0 Å². The van der Waals surface area contributed by atoms with Crippen molar-refractivity contribution in [3.63, 3.8) is 0 Å². The molecule has 0 heterocycles. The smallest absolute Gasteiger partial charge is 0.0248 e. The summed E-state index contributed by atoms with van der Waals surface area (Å²) in [7, 11) is 0. The molecular weight excluding hydrogens is 228 g/mol. The van der Waals surface area contributed by atoms with Gasteiger partial charge in [-0.2, -0.15) is 0 Å². The van der Waals surface area contributed by atoms with Crippen molar-refractivity contribution < 1.29 is 0 Å². The highest BCUT2D eigenvalue weighted by atomic mass is 14.2. The zero-order valence-corrected chi connectivity index (χ0v) is 13.8. The van der Waals surface area contributed by atoms with Crippen LogP contribution in [0.2, 0.25) is 0 Å². The Hall–Kier alpha value is -0.780. The van der Waals surface area contributed by atoms with Crippen molar-refractivity contribution >= 4 is 0 Å². The molecule has 0 amide bonds. The summed E-state index contributed by atoms with van der Waals surface area (Å²) in [4.78, 5) is 0. The Kier molecular flexibility index (Phi) is 6.62. The van der Waals surface area contributed by atoms with Gasteiger partial charge in [0, 0.05) is 0 Å². The Labute approximate surface area is 120 Å². The fourth-order valence-corrected chi connectivity index (χ4v) is 3.21. The Morgan fingerprint density at radius 1 is 0.842 bits per heavy atom. The molecule has 1 atom stereocenters. The maximum atomic E-state index is 2.45. The molecule has 1 aromatic rings. The monoisotopic (exact) mass is 260 g/mol. The van der Waals surface area contributed by atoms with Gasteiger partial charge in [0.2, 0.25) is 0 Å². The van der Waals surface area contributed by atoms with Gasteiger partial charge in [-0.25, -0.2) is 0 Å². The van der Waals surface area contributed by atoms with Gasteiger partial charge >= 0.3 is 0 Å². The Morgan fingerprint density at radius 3 is 1.89 bits per heavy atom. The minimum Gasteiger partial charge on any atom is -0.0654 e. The van der Waals surface area contributed by atoms with E-state index in [2.05, 4.69) is 53.7 Å². The zero-order valence-electron chi connectivity index (χ0n) is 13.8. The summed E-state index contributed by atoms with van der Waals surface area (Å²) >= 11 is 0. The standard InChI is InChI=1S/C19H32/c1-7-9-18(10-8-2)17(6)13-19-12-15(4)14(3)11-16(19)5/h11-12,17-18H,7-10,13H2,1-6H3/t17-/m1/s1. The van der Waals surface area contributed by atoms with Crippen LogP contribution in [0.15, 0.2) is 12.1 Å².